The van der Waals surface area contributed by atoms with Crippen LogP contribution in [0.25, 0.3) is 5.52 Å². The van der Waals surface area contributed by atoms with Crippen molar-refractivity contribution >= 4 is 11.5 Å². The summed E-state index contributed by atoms with van der Waals surface area (Å²) in [5.74, 6) is 0.338. The van der Waals surface area contributed by atoms with Gasteiger partial charge in [-0.05, 0) is 12.1 Å². The molecule has 3 heteroatoms. The number of carbonyl (C=O) groups is 1. The molecule has 0 bridgehead atoms. The number of rotatable bonds is 1. The minimum Gasteiger partial charge on any atom is -0.424 e. The summed E-state index contributed by atoms with van der Waals surface area (Å²) in [6, 6.07) is 7.80. The lowest BCUT2D eigenvalue weighted by atomic mass is 9.92. The molecule has 0 saturated heterocycles. The molecule has 0 aliphatic rings. The van der Waals surface area contributed by atoms with E-state index in [2.05, 4.69) is 25.2 Å². The molecule has 0 atom stereocenters. The molecule has 2 heterocycles. The number of esters is 1. The van der Waals surface area contributed by atoms with Crippen LogP contribution < -0.4 is 4.74 Å². The molecule has 0 N–H and O–H groups in total. The Morgan fingerprint density at radius 1 is 1.29 bits per heavy atom. The first-order chi connectivity index (χ1) is 7.89. The van der Waals surface area contributed by atoms with Crippen LogP contribution in [0.1, 0.15) is 33.4 Å². The first kappa shape index (κ1) is 11.7. The van der Waals surface area contributed by atoms with Crippen LogP contribution in [0, 0.1) is 0 Å². The van der Waals surface area contributed by atoms with Crippen LogP contribution in [-0.2, 0) is 10.2 Å². The van der Waals surface area contributed by atoms with Crippen molar-refractivity contribution in [2.75, 3.05) is 0 Å². The first-order valence-corrected chi connectivity index (χ1v) is 5.68. The Morgan fingerprint density at radius 2 is 2.00 bits per heavy atom. The van der Waals surface area contributed by atoms with Gasteiger partial charge in [-0.3, -0.25) is 4.79 Å². The summed E-state index contributed by atoms with van der Waals surface area (Å²) < 4.78 is 7.31. The summed E-state index contributed by atoms with van der Waals surface area (Å²) in [6.07, 6.45) is 1.99. The number of nitrogens with zero attached hydrogens (tertiary/aromatic N) is 1. The fraction of sp³-hybridized carbons (Fsp3) is 0.357. The van der Waals surface area contributed by atoms with Gasteiger partial charge in [-0.1, -0.05) is 26.8 Å². The highest BCUT2D eigenvalue weighted by molar-refractivity contribution is 5.74. The molecule has 0 aliphatic carbocycles. The van der Waals surface area contributed by atoms with Gasteiger partial charge in [-0.2, -0.15) is 0 Å². The number of hydrogen-bond donors (Lipinski definition) is 0. The van der Waals surface area contributed by atoms with Gasteiger partial charge in [0, 0.05) is 30.3 Å². The summed E-state index contributed by atoms with van der Waals surface area (Å²) in [7, 11) is 0. The molecule has 2 rings (SSSR count). The summed E-state index contributed by atoms with van der Waals surface area (Å²) in [5, 5.41) is 0. The second-order valence-corrected chi connectivity index (χ2v) is 5.19. The average molecular weight is 231 g/mol. The molecule has 17 heavy (non-hydrogen) atoms. The summed E-state index contributed by atoms with van der Waals surface area (Å²) in [4.78, 5) is 11.1. The van der Waals surface area contributed by atoms with Crippen molar-refractivity contribution < 1.29 is 9.53 Å². The van der Waals surface area contributed by atoms with E-state index in [1.54, 1.807) is 0 Å². The maximum absolute atomic E-state index is 11.1. The summed E-state index contributed by atoms with van der Waals surface area (Å²) >= 11 is 0. The molecular formula is C14H17NO2. The molecule has 2 aromatic rings. The topological polar surface area (TPSA) is 30.7 Å². The third-order valence-electron chi connectivity index (χ3n) is 2.66. The van der Waals surface area contributed by atoms with E-state index in [4.69, 9.17) is 4.74 Å². The molecule has 0 fully saturated rings. The molecule has 0 aromatic carbocycles. The molecule has 3 nitrogen and oxygen atoms in total. The fourth-order valence-corrected chi connectivity index (χ4v) is 1.94. The highest BCUT2D eigenvalue weighted by atomic mass is 16.5. The van der Waals surface area contributed by atoms with Crippen molar-refractivity contribution in [2.45, 2.75) is 33.1 Å². The Bertz CT molecular complexity index is 561. The molecule has 0 unspecified atom stereocenters. The van der Waals surface area contributed by atoms with Crippen molar-refractivity contribution in [3.8, 4) is 5.75 Å². The number of pyridine rings is 1. The van der Waals surface area contributed by atoms with E-state index in [-0.39, 0.29) is 11.4 Å². The van der Waals surface area contributed by atoms with Crippen LogP contribution in [0.2, 0.25) is 0 Å². The number of fused-ring (bicyclic) bond motifs is 1. The third kappa shape index (κ3) is 2.18. The van der Waals surface area contributed by atoms with Gasteiger partial charge in [0.15, 0.2) is 5.75 Å². The van der Waals surface area contributed by atoms with E-state index in [1.807, 2.05) is 30.5 Å². The van der Waals surface area contributed by atoms with E-state index in [1.165, 1.54) is 6.92 Å². The molecule has 0 aliphatic heterocycles. The van der Waals surface area contributed by atoms with Gasteiger partial charge in [-0.25, -0.2) is 0 Å². The van der Waals surface area contributed by atoms with Crippen LogP contribution in [0.3, 0.4) is 0 Å². The maximum atomic E-state index is 11.1. The van der Waals surface area contributed by atoms with Crippen LogP contribution >= 0.6 is 0 Å². The van der Waals surface area contributed by atoms with E-state index in [0.717, 1.165) is 11.2 Å². The molecule has 0 spiro atoms. The van der Waals surface area contributed by atoms with Crippen LogP contribution in [0.15, 0.2) is 30.5 Å². The summed E-state index contributed by atoms with van der Waals surface area (Å²) in [6.45, 7) is 7.83. The van der Waals surface area contributed by atoms with Gasteiger partial charge >= 0.3 is 5.97 Å². The molecular weight excluding hydrogens is 214 g/mol. The minimum atomic E-state index is -0.290. The minimum absolute atomic E-state index is 0.00265. The molecule has 0 saturated carbocycles. The standard InChI is InChI=1S/C14H17NO2/c1-10(16)17-12-9-13(14(2,3)4)15-8-6-5-7-11(12)15/h5-9H,1-4H3. The van der Waals surface area contributed by atoms with Crippen LogP contribution in [-0.4, -0.2) is 10.4 Å². The Labute approximate surface area is 101 Å². The van der Waals surface area contributed by atoms with Gasteiger partial charge in [-0.15, -0.1) is 0 Å². The average Bonchev–Trinajstić information content (AvgIpc) is 2.56. The van der Waals surface area contributed by atoms with Crippen molar-refractivity contribution in [3.63, 3.8) is 0 Å². The third-order valence-corrected chi connectivity index (χ3v) is 2.66. The van der Waals surface area contributed by atoms with E-state index < -0.39 is 0 Å². The number of aromatic nitrogens is 1. The zero-order valence-corrected chi connectivity index (χ0v) is 10.7. The second kappa shape index (κ2) is 3.91. The zero-order valence-electron chi connectivity index (χ0n) is 10.7. The van der Waals surface area contributed by atoms with Crippen molar-refractivity contribution in [1.29, 1.82) is 0 Å². The van der Waals surface area contributed by atoms with Crippen LogP contribution in [0.5, 0.6) is 5.75 Å². The molecule has 0 radical (unpaired) electrons. The van der Waals surface area contributed by atoms with Crippen molar-refractivity contribution in [1.82, 2.24) is 4.40 Å². The SMILES string of the molecule is CC(=O)Oc1cc(C(C)(C)C)n2ccccc12. The smallest absolute Gasteiger partial charge is 0.308 e. The number of ether oxygens (including phenoxy) is 1. The van der Waals surface area contributed by atoms with Gasteiger partial charge in [0.25, 0.3) is 0 Å². The lowest BCUT2D eigenvalue weighted by Crippen LogP contribution is -2.13. The quantitative estimate of drug-likeness (QED) is 0.706. The van der Waals surface area contributed by atoms with Crippen molar-refractivity contribution in [2.24, 2.45) is 0 Å². The predicted octanol–water partition coefficient (Wildman–Crippen LogP) is 3.16. The monoisotopic (exact) mass is 231 g/mol. The normalized spacial score (nSPS) is 11.8. The predicted molar refractivity (Wildman–Crippen MR) is 67.4 cm³/mol. The highest BCUT2D eigenvalue weighted by Crippen LogP contribution is 2.32. The van der Waals surface area contributed by atoms with E-state index in [0.29, 0.717) is 5.75 Å². The maximum Gasteiger partial charge on any atom is 0.308 e. The molecule has 0 amide bonds. The van der Waals surface area contributed by atoms with Gasteiger partial charge in [0.2, 0.25) is 0 Å². The lowest BCUT2D eigenvalue weighted by molar-refractivity contribution is -0.131. The van der Waals surface area contributed by atoms with E-state index in [9.17, 15) is 4.79 Å². The Balaban J connectivity index is 2.67. The first-order valence-electron chi connectivity index (χ1n) is 5.68. The molecule has 2 aromatic heterocycles. The molecule has 90 valence electrons. The fourth-order valence-electron chi connectivity index (χ4n) is 1.94. The van der Waals surface area contributed by atoms with Crippen molar-refractivity contribution in [3.05, 3.63) is 36.2 Å². The van der Waals surface area contributed by atoms with Gasteiger partial charge in [0.05, 0.1) is 5.52 Å². The summed E-state index contributed by atoms with van der Waals surface area (Å²) in [5.41, 5.74) is 2.06. The van der Waals surface area contributed by atoms with Crippen LogP contribution in [0.4, 0.5) is 0 Å². The Morgan fingerprint density at radius 3 is 2.59 bits per heavy atom. The van der Waals surface area contributed by atoms with Gasteiger partial charge < -0.3 is 9.14 Å². The number of hydrogen-bond acceptors (Lipinski definition) is 2. The number of carbonyl (C=O) groups excluding carboxylic acids is 1. The zero-order chi connectivity index (χ0) is 12.6. The van der Waals surface area contributed by atoms with Gasteiger partial charge in [0.1, 0.15) is 0 Å². The highest BCUT2D eigenvalue weighted by Gasteiger charge is 2.21. The lowest BCUT2D eigenvalue weighted by Gasteiger charge is -2.18. The largest absolute Gasteiger partial charge is 0.424 e. The Kier molecular flexibility index (Phi) is 2.69. The second-order valence-electron chi connectivity index (χ2n) is 5.19. The van der Waals surface area contributed by atoms with E-state index >= 15 is 0 Å². The Hall–Kier alpha value is -1.77.